The van der Waals surface area contributed by atoms with E-state index in [2.05, 4.69) is 24.1 Å². The number of fused-ring (bicyclic) bond motifs is 1. The third-order valence-corrected chi connectivity index (χ3v) is 5.21. The lowest BCUT2D eigenvalue weighted by molar-refractivity contribution is 0.183. The molecule has 1 aliphatic heterocycles. The first-order valence-electron chi connectivity index (χ1n) is 9.02. The Balaban J connectivity index is 1.73. The van der Waals surface area contributed by atoms with E-state index in [1.54, 1.807) is 22.9 Å². The highest BCUT2D eigenvalue weighted by molar-refractivity contribution is 6.32. The van der Waals surface area contributed by atoms with E-state index in [-0.39, 0.29) is 11.7 Å². The fourth-order valence-electron chi connectivity index (χ4n) is 3.51. The van der Waals surface area contributed by atoms with Crippen molar-refractivity contribution in [3.8, 4) is 11.4 Å². The normalized spacial score (nSPS) is 17.2. The van der Waals surface area contributed by atoms with E-state index >= 15 is 0 Å². The number of hydrogen-bond acceptors (Lipinski definition) is 3. The summed E-state index contributed by atoms with van der Waals surface area (Å²) in [5.74, 6) is 0.697. The molecule has 1 unspecified atom stereocenters. The van der Waals surface area contributed by atoms with Gasteiger partial charge in [0, 0.05) is 37.5 Å². The number of para-hydroxylation sites is 1. The molecule has 0 amide bonds. The number of rotatable bonds is 3. The minimum atomic E-state index is -0.0774. The van der Waals surface area contributed by atoms with Crippen LogP contribution in [-0.4, -0.2) is 23.1 Å². The smallest absolute Gasteiger partial charge is 0.255 e. The van der Waals surface area contributed by atoms with Crippen molar-refractivity contribution >= 4 is 11.6 Å². The van der Waals surface area contributed by atoms with Gasteiger partial charge in [-0.05, 0) is 48.5 Å². The van der Waals surface area contributed by atoms with E-state index in [1.807, 2.05) is 36.4 Å². The first-order valence-corrected chi connectivity index (χ1v) is 9.40. The fourth-order valence-corrected chi connectivity index (χ4v) is 3.69. The SMILES string of the molecule is CN1CCC(Oc2ccccc2Cl)c2ccc(-n3ccccc3=O)cc2C1. The third kappa shape index (κ3) is 3.77. The molecule has 0 radical (unpaired) electrons. The van der Waals surface area contributed by atoms with Gasteiger partial charge in [-0.2, -0.15) is 0 Å². The molecule has 0 fully saturated rings. The van der Waals surface area contributed by atoms with Crippen molar-refractivity contribution < 1.29 is 4.74 Å². The minimum Gasteiger partial charge on any atom is -0.484 e. The van der Waals surface area contributed by atoms with Crippen molar-refractivity contribution in [2.24, 2.45) is 0 Å². The molecule has 1 aromatic heterocycles. The molecule has 0 aliphatic carbocycles. The van der Waals surface area contributed by atoms with Crippen LogP contribution in [0.3, 0.4) is 0 Å². The molecular formula is C22H21ClN2O2. The number of halogens is 1. The summed E-state index contributed by atoms with van der Waals surface area (Å²) in [5.41, 5.74) is 3.14. The predicted molar refractivity (Wildman–Crippen MR) is 108 cm³/mol. The zero-order chi connectivity index (χ0) is 18.8. The maximum Gasteiger partial charge on any atom is 0.255 e. The van der Waals surface area contributed by atoms with Crippen LogP contribution in [0.2, 0.25) is 5.02 Å². The van der Waals surface area contributed by atoms with Crippen LogP contribution in [0.25, 0.3) is 5.69 Å². The number of benzene rings is 2. The first kappa shape index (κ1) is 17.8. The molecule has 5 heteroatoms. The molecule has 4 nitrogen and oxygen atoms in total. The maximum absolute atomic E-state index is 12.2. The van der Waals surface area contributed by atoms with E-state index in [0.717, 1.165) is 30.8 Å². The fraction of sp³-hybridized carbons (Fsp3) is 0.227. The molecule has 1 aliphatic rings. The van der Waals surface area contributed by atoms with Crippen molar-refractivity contribution in [2.75, 3.05) is 13.6 Å². The van der Waals surface area contributed by atoms with Crippen LogP contribution < -0.4 is 10.3 Å². The van der Waals surface area contributed by atoms with Crippen LogP contribution in [0.1, 0.15) is 23.7 Å². The second-order valence-electron chi connectivity index (χ2n) is 6.86. The van der Waals surface area contributed by atoms with Crippen LogP contribution in [0, 0.1) is 0 Å². The van der Waals surface area contributed by atoms with Gasteiger partial charge in [-0.25, -0.2) is 0 Å². The summed E-state index contributed by atoms with van der Waals surface area (Å²) in [6, 6.07) is 18.9. The average molecular weight is 381 g/mol. The zero-order valence-corrected chi connectivity index (χ0v) is 15.9. The molecule has 4 rings (SSSR count). The van der Waals surface area contributed by atoms with Crippen molar-refractivity contribution in [3.05, 3.63) is 93.4 Å². The van der Waals surface area contributed by atoms with E-state index in [1.165, 1.54) is 5.56 Å². The third-order valence-electron chi connectivity index (χ3n) is 4.89. The lowest BCUT2D eigenvalue weighted by Crippen LogP contribution is -2.18. The molecule has 0 bridgehead atoms. The summed E-state index contributed by atoms with van der Waals surface area (Å²) < 4.78 is 7.94. The van der Waals surface area contributed by atoms with Crippen LogP contribution in [0.5, 0.6) is 5.75 Å². The number of pyridine rings is 1. The van der Waals surface area contributed by atoms with Gasteiger partial charge in [0.1, 0.15) is 11.9 Å². The van der Waals surface area contributed by atoms with Gasteiger partial charge in [0.2, 0.25) is 0 Å². The Morgan fingerprint density at radius 3 is 2.70 bits per heavy atom. The Kier molecular flexibility index (Phi) is 5.01. The Bertz CT molecular complexity index is 1010. The van der Waals surface area contributed by atoms with Crippen molar-refractivity contribution in [1.29, 1.82) is 0 Å². The summed E-state index contributed by atoms with van der Waals surface area (Å²) in [5, 5.41) is 0.615. The minimum absolute atomic E-state index is 0.0386. The Morgan fingerprint density at radius 1 is 1.07 bits per heavy atom. The Hall–Kier alpha value is -2.56. The standard InChI is InChI=1S/C22H21ClN2O2/c1-24-13-11-20(27-21-7-3-2-6-19(21)23)18-10-9-17(14-16(18)15-24)25-12-5-4-8-22(25)26/h2-10,12,14,20H,11,13,15H2,1H3. The summed E-state index contributed by atoms with van der Waals surface area (Å²) in [6.07, 6.45) is 2.59. The van der Waals surface area contributed by atoms with E-state index in [0.29, 0.717) is 10.8 Å². The molecule has 1 atom stereocenters. The molecule has 2 heterocycles. The average Bonchev–Trinajstić information content (AvgIpc) is 2.82. The second-order valence-corrected chi connectivity index (χ2v) is 7.26. The molecule has 0 saturated carbocycles. The van der Waals surface area contributed by atoms with Gasteiger partial charge >= 0.3 is 0 Å². The molecule has 0 N–H and O–H groups in total. The van der Waals surface area contributed by atoms with E-state index in [4.69, 9.17) is 16.3 Å². The number of aromatic nitrogens is 1. The first-order chi connectivity index (χ1) is 13.1. The van der Waals surface area contributed by atoms with Crippen molar-refractivity contribution in [3.63, 3.8) is 0 Å². The van der Waals surface area contributed by atoms with Crippen LogP contribution in [0.4, 0.5) is 0 Å². The van der Waals surface area contributed by atoms with Gasteiger partial charge in [0.25, 0.3) is 5.56 Å². The summed E-state index contributed by atoms with van der Waals surface area (Å²) >= 11 is 6.29. The Labute approximate surface area is 163 Å². The molecule has 3 aromatic rings. The molecule has 0 spiro atoms. The molecule has 27 heavy (non-hydrogen) atoms. The molecule has 0 saturated heterocycles. The topological polar surface area (TPSA) is 34.5 Å². The van der Waals surface area contributed by atoms with Gasteiger partial charge in [-0.3, -0.25) is 9.36 Å². The van der Waals surface area contributed by atoms with E-state index < -0.39 is 0 Å². The van der Waals surface area contributed by atoms with Crippen molar-refractivity contribution in [1.82, 2.24) is 9.47 Å². The highest BCUT2D eigenvalue weighted by Gasteiger charge is 2.23. The highest BCUT2D eigenvalue weighted by atomic mass is 35.5. The quantitative estimate of drug-likeness (QED) is 0.673. The molecule has 2 aromatic carbocycles. The molecular weight excluding hydrogens is 360 g/mol. The summed E-state index contributed by atoms with van der Waals surface area (Å²) in [7, 11) is 2.10. The number of nitrogens with zero attached hydrogens (tertiary/aromatic N) is 2. The van der Waals surface area contributed by atoms with Crippen LogP contribution in [0.15, 0.2) is 71.7 Å². The zero-order valence-electron chi connectivity index (χ0n) is 15.1. The van der Waals surface area contributed by atoms with Crippen LogP contribution in [-0.2, 0) is 6.54 Å². The number of ether oxygens (including phenoxy) is 1. The largest absolute Gasteiger partial charge is 0.484 e. The van der Waals surface area contributed by atoms with Gasteiger partial charge in [0.05, 0.1) is 5.02 Å². The van der Waals surface area contributed by atoms with Gasteiger partial charge in [-0.1, -0.05) is 35.9 Å². The summed E-state index contributed by atoms with van der Waals surface area (Å²) in [4.78, 5) is 14.4. The summed E-state index contributed by atoms with van der Waals surface area (Å²) in [6.45, 7) is 1.73. The van der Waals surface area contributed by atoms with Crippen molar-refractivity contribution in [2.45, 2.75) is 19.1 Å². The number of hydrogen-bond donors (Lipinski definition) is 0. The lowest BCUT2D eigenvalue weighted by Gasteiger charge is -2.21. The van der Waals surface area contributed by atoms with E-state index in [9.17, 15) is 4.79 Å². The van der Waals surface area contributed by atoms with Gasteiger partial charge < -0.3 is 9.64 Å². The predicted octanol–water partition coefficient (Wildman–Crippen LogP) is 4.45. The Morgan fingerprint density at radius 2 is 1.89 bits per heavy atom. The highest BCUT2D eigenvalue weighted by Crippen LogP contribution is 2.34. The van der Waals surface area contributed by atoms with Crippen LogP contribution >= 0.6 is 11.6 Å². The second kappa shape index (κ2) is 7.59. The van der Waals surface area contributed by atoms with Gasteiger partial charge in [0.15, 0.2) is 0 Å². The van der Waals surface area contributed by atoms with Gasteiger partial charge in [-0.15, -0.1) is 0 Å². The monoisotopic (exact) mass is 380 g/mol. The molecule has 138 valence electrons. The maximum atomic E-state index is 12.2. The lowest BCUT2D eigenvalue weighted by atomic mass is 10.0.